The first-order valence-electron chi connectivity index (χ1n) is 4.79. The predicted molar refractivity (Wildman–Crippen MR) is 53.1 cm³/mol. The van der Waals surface area contributed by atoms with E-state index in [-0.39, 0.29) is 0 Å². The summed E-state index contributed by atoms with van der Waals surface area (Å²) in [7, 11) is 11.0. The van der Waals surface area contributed by atoms with E-state index in [0.717, 1.165) is 19.5 Å². The first-order chi connectivity index (χ1) is 5.84. The zero-order valence-electron chi connectivity index (χ0n) is 7.63. The van der Waals surface area contributed by atoms with Crippen LogP contribution in [0.15, 0.2) is 0 Å². The van der Waals surface area contributed by atoms with Gasteiger partial charge in [0.1, 0.15) is 0 Å². The van der Waals surface area contributed by atoms with E-state index in [1.165, 1.54) is 25.7 Å². The maximum Gasteiger partial charge on any atom is 0.182 e. The summed E-state index contributed by atoms with van der Waals surface area (Å²) in [5.74, 6) is 0. The molecule has 0 aromatic rings. The molecule has 12 heavy (non-hydrogen) atoms. The van der Waals surface area contributed by atoms with Gasteiger partial charge in [-0.05, 0) is 44.8 Å². The fourth-order valence-corrected chi connectivity index (χ4v) is 1.78. The lowest BCUT2D eigenvalue weighted by Crippen LogP contribution is -2.26. The monoisotopic (exact) mass is 162 g/mol. The van der Waals surface area contributed by atoms with E-state index in [1.54, 1.807) is 0 Å². The Labute approximate surface area is 77.9 Å². The highest BCUT2D eigenvalue weighted by Crippen LogP contribution is 2.18. The zero-order chi connectivity index (χ0) is 8.81. The Hall–Kier alpha value is 0.0499. The fraction of sp³-hybridized carbons (Fsp3) is 1.00. The number of unbranched alkanes of at least 4 members (excludes halogenated alkanes) is 1. The predicted octanol–water partition coefficient (Wildman–Crippen LogP) is 0.378. The summed E-state index contributed by atoms with van der Waals surface area (Å²) in [5.41, 5.74) is 0. The first-order valence-corrected chi connectivity index (χ1v) is 4.79. The molecule has 64 valence electrons. The third kappa shape index (κ3) is 3.20. The van der Waals surface area contributed by atoms with Crippen molar-refractivity contribution in [2.24, 2.45) is 0 Å². The summed E-state index contributed by atoms with van der Waals surface area (Å²) in [6.45, 7) is 1.98. The Kier molecular flexibility index (Phi) is 4.77. The topological polar surface area (TPSA) is 15.3 Å². The molecule has 4 heteroatoms. The number of hydrogen-bond acceptors (Lipinski definition) is 2. The van der Waals surface area contributed by atoms with Crippen molar-refractivity contribution < 1.29 is 0 Å². The molecule has 0 aromatic heterocycles. The van der Waals surface area contributed by atoms with Gasteiger partial charge in [-0.1, -0.05) is 6.42 Å². The Morgan fingerprint density at radius 3 is 2.83 bits per heavy atom. The minimum Gasteiger partial charge on any atom is -0.366 e. The molecule has 1 saturated heterocycles. The van der Waals surface area contributed by atoms with Crippen molar-refractivity contribution in [3.63, 3.8) is 0 Å². The minimum atomic E-state index is 0.628. The van der Waals surface area contributed by atoms with Gasteiger partial charge in [0.15, 0.2) is 16.0 Å². The second kappa shape index (κ2) is 5.65. The molecule has 1 rings (SSSR count). The van der Waals surface area contributed by atoms with E-state index in [4.69, 9.17) is 16.0 Å². The van der Waals surface area contributed by atoms with E-state index < -0.39 is 0 Å². The van der Waals surface area contributed by atoms with Crippen LogP contribution in [0.4, 0.5) is 0 Å². The maximum atomic E-state index is 5.79. The number of nitrogens with one attached hydrogen (secondary N) is 1. The molecule has 1 aliphatic heterocycles. The van der Waals surface area contributed by atoms with Crippen LogP contribution in [0.5, 0.6) is 0 Å². The van der Waals surface area contributed by atoms with Crippen LogP contribution in [-0.2, 0) is 0 Å². The molecular formula is C8H16B2N2. The maximum absolute atomic E-state index is 5.79. The number of nitrogens with zero attached hydrogens (tertiary/aromatic N) is 1. The van der Waals surface area contributed by atoms with E-state index >= 15 is 0 Å². The number of rotatable bonds is 5. The molecule has 0 aliphatic carbocycles. The molecule has 1 aliphatic rings. The van der Waals surface area contributed by atoms with Gasteiger partial charge in [0, 0.05) is 0 Å². The standard InChI is InChI=1S/C8H16B2N2/c9-11-6-2-1-4-8-5-3-7-12(8)10/h8,11H,1-7H2. The molecule has 1 unspecified atom stereocenters. The summed E-state index contributed by atoms with van der Waals surface area (Å²) in [4.78, 5) is 1.98. The van der Waals surface area contributed by atoms with Crippen molar-refractivity contribution in [2.75, 3.05) is 13.1 Å². The highest BCUT2D eigenvalue weighted by atomic mass is 15.1. The Bertz CT molecular complexity index is 122. The van der Waals surface area contributed by atoms with Gasteiger partial charge < -0.3 is 10.0 Å². The largest absolute Gasteiger partial charge is 0.366 e. The van der Waals surface area contributed by atoms with Gasteiger partial charge in [-0.25, -0.2) is 0 Å². The molecule has 0 saturated carbocycles. The average Bonchev–Trinajstić information content (AvgIpc) is 2.46. The minimum absolute atomic E-state index is 0.628. The lowest BCUT2D eigenvalue weighted by atomic mass is 10.1. The second-order valence-electron chi connectivity index (χ2n) is 3.48. The van der Waals surface area contributed by atoms with Crippen LogP contribution in [0, 0.1) is 0 Å². The molecular weight excluding hydrogens is 146 g/mol. The van der Waals surface area contributed by atoms with Crippen molar-refractivity contribution in [2.45, 2.75) is 38.1 Å². The summed E-state index contributed by atoms with van der Waals surface area (Å²) < 4.78 is 0. The van der Waals surface area contributed by atoms with Crippen LogP contribution in [0.3, 0.4) is 0 Å². The van der Waals surface area contributed by atoms with Gasteiger partial charge in [-0.2, -0.15) is 0 Å². The average molecular weight is 162 g/mol. The highest BCUT2D eigenvalue weighted by molar-refractivity contribution is 6.04. The second-order valence-corrected chi connectivity index (χ2v) is 3.48. The molecule has 1 heterocycles. The van der Waals surface area contributed by atoms with E-state index in [0.29, 0.717) is 6.04 Å². The van der Waals surface area contributed by atoms with Crippen LogP contribution in [0.2, 0.25) is 0 Å². The van der Waals surface area contributed by atoms with Crippen LogP contribution < -0.4 is 5.23 Å². The van der Waals surface area contributed by atoms with Crippen molar-refractivity contribution in [1.29, 1.82) is 0 Å². The third-order valence-corrected chi connectivity index (χ3v) is 2.53. The quantitative estimate of drug-likeness (QED) is 0.464. The van der Waals surface area contributed by atoms with Crippen molar-refractivity contribution in [3.8, 4) is 0 Å². The third-order valence-electron chi connectivity index (χ3n) is 2.53. The number of hydrogen-bond donors (Lipinski definition) is 1. The molecule has 0 amide bonds. The molecule has 4 radical (unpaired) electrons. The lowest BCUT2D eigenvalue weighted by molar-refractivity contribution is 0.385. The Balaban J connectivity index is 1.98. The van der Waals surface area contributed by atoms with Crippen LogP contribution in [0.25, 0.3) is 0 Å². The molecule has 0 bridgehead atoms. The van der Waals surface area contributed by atoms with E-state index in [1.807, 2.05) is 4.81 Å². The Morgan fingerprint density at radius 2 is 2.25 bits per heavy atom. The van der Waals surface area contributed by atoms with Crippen molar-refractivity contribution in [3.05, 3.63) is 0 Å². The van der Waals surface area contributed by atoms with Gasteiger partial charge in [-0.15, -0.1) is 0 Å². The van der Waals surface area contributed by atoms with Gasteiger partial charge in [-0.3, -0.25) is 0 Å². The lowest BCUT2D eigenvalue weighted by Gasteiger charge is -2.19. The van der Waals surface area contributed by atoms with Crippen molar-refractivity contribution in [1.82, 2.24) is 10.0 Å². The summed E-state index contributed by atoms with van der Waals surface area (Å²) in [6.07, 6.45) is 6.13. The van der Waals surface area contributed by atoms with Crippen molar-refractivity contribution >= 4 is 16.0 Å². The fourth-order valence-electron chi connectivity index (χ4n) is 1.78. The first kappa shape index (κ1) is 10.1. The molecule has 1 N–H and O–H groups in total. The molecule has 1 fully saturated rings. The van der Waals surface area contributed by atoms with Gasteiger partial charge in [0.25, 0.3) is 0 Å². The SMILES string of the molecule is [B]NCCCCC1CCCN1[B]. The summed E-state index contributed by atoms with van der Waals surface area (Å²) in [5, 5.41) is 2.66. The molecule has 1 atom stereocenters. The highest BCUT2D eigenvalue weighted by Gasteiger charge is 2.18. The van der Waals surface area contributed by atoms with Gasteiger partial charge >= 0.3 is 0 Å². The zero-order valence-corrected chi connectivity index (χ0v) is 7.63. The van der Waals surface area contributed by atoms with Crippen LogP contribution >= 0.6 is 0 Å². The van der Waals surface area contributed by atoms with Gasteiger partial charge in [0.05, 0.1) is 0 Å². The van der Waals surface area contributed by atoms with Crippen LogP contribution in [0.1, 0.15) is 32.1 Å². The summed E-state index contributed by atoms with van der Waals surface area (Å²) in [6, 6.07) is 0.628. The van der Waals surface area contributed by atoms with Gasteiger partial charge in [0.2, 0.25) is 0 Å². The molecule has 0 aromatic carbocycles. The normalized spacial score (nSPS) is 24.8. The smallest absolute Gasteiger partial charge is 0.182 e. The van der Waals surface area contributed by atoms with E-state index in [2.05, 4.69) is 5.23 Å². The summed E-state index contributed by atoms with van der Waals surface area (Å²) >= 11 is 0. The Morgan fingerprint density at radius 1 is 1.42 bits per heavy atom. The van der Waals surface area contributed by atoms with E-state index in [9.17, 15) is 0 Å². The molecule has 2 nitrogen and oxygen atoms in total. The van der Waals surface area contributed by atoms with Crippen LogP contribution in [-0.4, -0.2) is 39.9 Å². The molecule has 0 spiro atoms.